The van der Waals surface area contributed by atoms with E-state index in [9.17, 15) is 4.79 Å². The molecule has 0 aromatic carbocycles. The first-order valence-corrected chi connectivity index (χ1v) is 8.99. The van der Waals surface area contributed by atoms with Crippen LogP contribution in [-0.4, -0.2) is 38.4 Å². The van der Waals surface area contributed by atoms with Crippen molar-refractivity contribution in [2.24, 2.45) is 0 Å². The molecule has 0 radical (unpaired) electrons. The van der Waals surface area contributed by atoms with Crippen molar-refractivity contribution in [2.75, 3.05) is 6.61 Å². The zero-order valence-corrected chi connectivity index (χ0v) is 12.7. The number of carboxylic acids is 1. The minimum Gasteiger partial charge on any atom is -0.479 e. The van der Waals surface area contributed by atoms with Gasteiger partial charge in [0, 0.05) is 0 Å². The van der Waals surface area contributed by atoms with Gasteiger partial charge in [-0.05, 0) is 44.0 Å². The number of hydrogen-bond donors (Lipinski definition) is 2. The first-order valence-electron chi connectivity index (χ1n) is 4.14. The van der Waals surface area contributed by atoms with Crippen molar-refractivity contribution in [3.63, 3.8) is 0 Å². The molecule has 1 heterocycles. The monoisotopic (exact) mass is 422 g/mol. The van der Waals surface area contributed by atoms with Gasteiger partial charge in [0.05, 0.1) is 25.3 Å². The van der Waals surface area contributed by atoms with Crippen LogP contribution in [0.5, 0.6) is 0 Å². The Hall–Kier alpha value is 0.240. The first-order chi connectivity index (χ1) is 7.54. The number of aromatic nitrogens is 2. The van der Waals surface area contributed by atoms with Gasteiger partial charge in [0.25, 0.3) is 0 Å². The summed E-state index contributed by atoms with van der Waals surface area (Å²) in [6.45, 7) is -0.0125. The molecule has 0 fully saturated rings. The number of rotatable bonds is 6. The average Bonchev–Trinajstić information content (AvgIpc) is 2.58. The highest BCUT2D eigenvalue weighted by molar-refractivity contribution is 14.2. The molecule has 0 bridgehead atoms. The summed E-state index contributed by atoms with van der Waals surface area (Å²) in [4.78, 5) is 10.3. The number of aliphatic hydroxyl groups excluding tert-OH is 1. The zero-order valence-electron chi connectivity index (χ0n) is 7.93. The van der Waals surface area contributed by atoms with Crippen LogP contribution in [0.3, 0.4) is 0 Å². The highest BCUT2D eigenvalue weighted by Crippen LogP contribution is 2.27. The highest BCUT2D eigenvalue weighted by Gasteiger charge is 2.13. The van der Waals surface area contributed by atoms with Crippen molar-refractivity contribution < 1.29 is 19.7 Å². The van der Waals surface area contributed by atoms with Crippen molar-refractivity contribution in [1.82, 2.24) is 9.55 Å². The van der Waals surface area contributed by atoms with E-state index < -0.39 is 12.1 Å². The summed E-state index contributed by atoms with van der Waals surface area (Å²) in [5.74, 6) is -1.29. The molecule has 0 saturated heterocycles. The van der Waals surface area contributed by atoms with E-state index in [-0.39, 0.29) is 13.2 Å². The Labute approximate surface area is 115 Å². The second-order valence-corrected chi connectivity index (χ2v) is 5.68. The highest BCUT2D eigenvalue weighted by atomic mass is 127. The summed E-state index contributed by atoms with van der Waals surface area (Å²) >= 11 is 5.41. The van der Waals surface area contributed by atoms with Crippen LogP contribution in [0.25, 0.3) is 0 Å². The van der Waals surface area contributed by atoms with Gasteiger partial charge < -0.3 is 14.9 Å². The summed E-state index contributed by atoms with van der Waals surface area (Å²) < 4.78 is 7.54. The van der Waals surface area contributed by atoms with Gasteiger partial charge in [-0.25, -0.2) is 9.25 Å². The summed E-state index contributed by atoms with van der Waals surface area (Å²) in [7, 11) is 0. The Morgan fingerprint density at radius 3 is 3.06 bits per heavy atom. The summed E-state index contributed by atoms with van der Waals surface area (Å²) in [5.41, 5.74) is 0.831. The number of carboxylic acid groups (broad SMARTS) is 1. The summed E-state index contributed by atoms with van der Waals surface area (Å²) in [6, 6.07) is 1.79. The lowest BCUT2D eigenvalue weighted by Gasteiger charge is -2.07. The molecule has 1 rings (SSSR count). The topological polar surface area (TPSA) is 84.6 Å². The van der Waals surface area contributed by atoms with E-state index in [1.807, 2.05) is 0 Å². The van der Waals surface area contributed by atoms with Crippen molar-refractivity contribution in [1.29, 1.82) is 0 Å². The van der Waals surface area contributed by atoms with Crippen molar-refractivity contribution in [3.8, 4) is 0 Å². The lowest BCUT2D eigenvalue weighted by atomic mass is 10.4. The molecule has 0 spiro atoms. The maximum absolute atomic E-state index is 10.3. The normalized spacial score (nSPS) is 13.4. The molecule has 0 amide bonds. The quantitative estimate of drug-likeness (QED) is 0.534. The molecule has 2 atom stereocenters. The van der Waals surface area contributed by atoms with Crippen LogP contribution < -0.4 is 0 Å². The predicted molar refractivity (Wildman–Crippen MR) is 71.0 cm³/mol. The van der Waals surface area contributed by atoms with Gasteiger partial charge in [-0.3, -0.25) is 0 Å². The number of aliphatic carboxylic acids is 1. The summed E-state index contributed by atoms with van der Waals surface area (Å²) in [6.07, 6.45) is -1.05. The Kier molecular flexibility index (Phi) is 6.12. The molecule has 90 valence electrons. The van der Waals surface area contributed by atoms with Crippen LogP contribution in [0.4, 0.5) is 0 Å². The lowest BCUT2D eigenvalue weighted by molar-refractivity contribution is -0.150. The van der Waals surface area contributed by atoms with Crippen LogP contribution >= 0.6 is 44.3 Å². The van der Waals surface area contributed by atoms with Gasteiger partial charge in [-0.2, -0.15) is 5.10 Å². The molecule has 0 saturated carbocycles. The Bertz CT molecular complexity index is 375. The summed E-state index contributed by atoms with van der Waals surface area (Å²) in [5, 5.41) is 21.6. The number of carbonyl (C=O) groups is 1. The van der Waals surface area contributed by atoms with Crippen molar-refractivity contribution >= 4 is 50.3 Å². The minimum atomic E-state index is -1.48. The molecule has 1 aromatic heterocycles. The SMILES string of the molecule is O=C(O)C(O)COCc1cc(Br)nn1PI. The molecule has 6 nitrogen and oxygen atoms in total. The van der Waals surface area contributed by atoms with Gasteiger partial charge in [0.2, 0.25) is 0 Å². The van der Waals surface area contributed by atoms with E-state index in [0.29, 0.717) is 11.0 Å². The van der Waals surface area contributed by atoms with Gasteiger partial charge in [-0.1, -0.05) is 0 Å². The van der Waals surface area contributed by atoms with E-state index in [4.69, 9.17) is 14.9 Å². The number of aliphatic hydroxyl groups is 1. The Morgan fingerprint density at radius 1 is 1.81 bits per heavy atom. The van der Waals surface area contributed by atoms with Gasteiger partial charge in [-0.15, -0.1) is 0 Å². The Balaban J connectivity index is 2.45. The van der Waals surface area contributed by atoms with Gasteiger partial charge >= 0.3 is 5.97 Å². The molecule has 2 N–H and O–H groups in total. The molecule has 1 aromatic rings. The molecular formula is C7H9BrIN2O4P. The maximum atomic E-state index is 10.3. The van der Waals surface area contributed by atoms with E-state index in [2.05, 4.69) is 43.1 Å². The van der Waals surface area contributed by atoms with Crippen LogP contribution in [0.2, 0.25) is 0 Å². The van der Waals surface area contributed by atoms with Crippen LogP contribution in [0, 0.1) is 0 Å². The third kappa shape index (κ3) is 4.25. The molecule has 0 aliphatic rings. The van der Waals surface area contributed by atoms with Crippen LogP contribution in [0.15, 0.2) is 10.7 Å². The number of ether oxygens (including phenoxy) is 1. The van der Waals surface area contributed by atoms with Crippen molar-refractivity contribution in [3.05, 3.63) is 16.4 Å². The van der Waals surface area contributed by atoms with Gasteiger partial charge in [0.15, 0.2) is 6.10 Å². The predicted octanol–water partition coefficient (Wildman–Crippen LogP) is 1.40. The first kappa shape index (κ1) is 14.3. The second-order valence-electron chi connectivity index (χ2n) is 2.82. The molecule has 2 unspecified atom stereocenters. The van der Waals surface area contributed by atoms with Crippen LogP contribution in [0.1, 0.15) is 5.69 Å². The van der Waals surface area contributed by atoms with E-state index in [0.717, 1.165) is 5.69 Å². The minimum absolute atomic E-state index is 0.221. The molecule has 0 aliphatic carbocycles. The zero-order chi connectivity index (χ0) is 12.1. The average molecular weight is 423 g/mol. The smallest absolute Gasteiger partial charge is 0.334 e. The maximum Gasteiger partial charge on any atom is 0.334 e. The number of nitrogens with zero attached hydrogens (tertiary/aromatic N) is 2. The van der Waals surface area contributed by atoms with Crippen molar-refractivity contribution in [2.45, 2.75) is 12.7 Å². The number of halogens is 2. The van der Waals surface area contributed by atoms with E-state index in [1.54, 1.807) is 10.5 Å². The fourth-order valence-corrected chi connectivity index (χ4v) is 3.12. The van der Waals surface area contributed by atoms with Crippen LogP contribution in [-0.2, 0) is 16.1 Å². The molecule has 0 aliphatic heterocycles. The van der Waals surface area contributed by atoms with E-state index >= 15 is 0 Å². The molecule has 9 heteroatoms. The van der Waals surface area contributed by atoms with Gasteiger partial charge in [0.1, 0.15) is 4.60 Å². The standard InChI is InChI=1S/C7H9BrIN2O4P/c8-6-1-4(11(10-6)16-9)2-15-3-5(12)7(13)14/h1,5,12,16H,2-3H2,(H,13,14). The largest absolute Gasteiger partial charge is 0.479 e. The Morgan fingerprint density at radius 2 is 2.50 bits per heavy atom. The third-order valence-electron chi connectivity index (χ3n) is 1.64. The molecule has 16 heavy (non-hydrogen) atoms. The third-order valence-corrected chi connectivity index (χ3v) is 3.95. The van der Waals surface area contributed by atoms with E-state index in [1.165, 1.54) is 0 Å². The molecular weight excluding hydrogens is 414 g/mol. The fraction of sp³-hybridized carbons (Fsp3) is 0.429. The lowest BCUT2D eigenvalue weighted by Crippen LogP contribution is -2.25. The fourth-order valence-electron chi connectivity index (χ4n) is 0.910. The second kappa shape index (κ2) is 6.85. The number of hydrogen-bond acceptors (Lipinski definition) is 4.